The Morgan fingerprint density at radius 1 is 1.38 bits per heavy atom. The highest BCUT2D eigenvalue weighted by Crippen LogP contribution is 2.27. The van der Waals surface area contributed by atoms with E-state index in [0.29, 0.717) is 23.7 Å². The number of amides is 1. The average Bonchev–Trinajstić information content (AvgIpc) is 3.10. The molecule has 1 aromatic carbocycles. The number of likely N-dealkylation sites (tertiary alicyclic amines) is 1. The second-order valence-electron chi connectivity index (χ2n) is 5.84. The van der Waals surface area contributed by atoms with Crippen molar-refractivity contribution >= 4 is 17.5 Å². The molecule has 1 aliphatic rings. The highest BCUT2D eigenvalue weighted by atomic mass is 35.5. The topological polar surface area (TPSA) is 60.2 Å². The summed E-state index contributed by atoms with van der Waals surface area (Å²) in [6, 6.07) is 9.31. The minimum absolute atomic E-state index is 0.0350. The molecule has 6 heteroatoms. The number of likely N-dealkylation sites (N-methyl/N-ethyl adjacent to an activating group) is 1. The van der Waals surface area contributed by atoms with E-state index >= 15 is 0 Å². The van der Waals surface area contributed by atoms with Gasteiger partial charge >= 0.3 is 0 Å². The molecule has 122 valence electrons. The van der Waals surface area contributed by atoms with Gasteiger partial charge in [0.15, 0.2) is 6.19 Å². The Balaban J connectivity index is 1.75. The molecule has 0 bridgehead atoms. The van der Waals surface area contributed by atoms with Gasteiger partial charge in [0, 0.05) is 43.7 Å². The number of halogens is 1. The van der Waals surface area contributed by atoms with Gasteiger partial charge in [-0.1, -0.05) is 23.7 Å². The maximum atomic E-state index is 12.6. The second kappa shape index (κ2) is 6.90. The van der Waals surface area contributed by atoms with E-state index in [-0.39, 0.29) is 11.9 Å². The zero-order valence-electron chi connectivity index (χ0n) is 13.3. The first-order chi connectivity index (χ1) is 11.6. The summed E-state index contributed by atoms with van der Waals surface area (Å²) >= 11 is 6.16. The summed E-state index contributed by atoms with van der Waals surface area (Å²) in [4.78, 5) is 20.0. The van der Waals surface area contributed by atoms with Crippen LogP contribution in [0.15, 0.2) is 42.7 Å². The summed E-state index contributed by atoms with van der Waals surface area (Å²) < 4.78 is 0. The molecular weight excluding hydrogens is 324 g/mol. The third-order valence-corrected chi connectivity index (χ3v) is 4.69. The van der Waals surface area contributed by atoms with Gasteiger partial charge in [0.1, 0.15) is 0 Å². The van der Waals surface area contributed by atoms with Crippen LogP contribution in [0.3, 0.4) is 0 Å². The number of hydrogen-bond donors (Lipinski definition) is 0. The van der Waals surface area contributed by atoms with Crippen LogP contribution in [0, 0.1) is 11.5 Å². The van der Waals surface area contributed by atoms with E-state index in [4.69, 9.17) is 16.9 Å². The van der Waals surface area contributed by atoms with Crippen molar-refractivity contribution in [3.8, 4) is 17.3 Å². The van der Waals surface area contributed by atoms with Gasteiger partial charge in [0.05, 0.1) is 11.1 Å². The van der Waals surface area contributed by atoms with Crippen molar-refractivity contribution in [1.29, 1.82) is 5.26 Å². The van der Waals surface area contributed by atoms with Gasteiger partial charge < -0.3 is 9.80 Å². The molecule has 2 heterocycles. The Kier molecular flexibility index (Phi) is 4.68. The molecule has 1 atom stereocenters. The van der Waals surface area contributed by atoms with Crippen molar-refractivity contribution in [3.63, 3.8) is 0 Å². The third-order valence-electron chi connectivity index (χ3n) is 4.39. The summed E-state index contributed by atoms with van der Waals surface area (Å²) in [6.45, 7) is 1.31. The average molecular weight is 341 g/mol. The molecule has 0 spiro atoms. The molecule has 24 heavy (non-hydrogen) atoms. The quantitative estimate of drug-likeness (QED) is 0.806. The van der Waals surface area contributed by atoms with Gasteiger partial charge in [-0.05, 0) is 30.2 Å². The number of carbonyl (C=O) groups is 1. The zero-order chi connectivity index (χ0) is 17.1. The molecule has 1 fully saturated rings. The lowest BCUT2D eigenvalue weighted by atomic mass is 10.0. The first-order valence-electron chi connectivity index (χ1n) is 7.72. The molecule has 1 aliphatic heterocycles. The van der Waals surface area contributed by atoms with E-state index in [0.717, 1.165) is 17.5 Å². The van der Waals surface area contributed by atoms with E-state index in [9.17, 15) is 4.79 Å². The van der Waals surface area contributed by atoms with Gasteiger partial charge in [-0.2, -0.15) is 5.26 Å². The van der Waals surface area contributed by atoms with Crippen molar-refractivity contribution in [3.05, 3.63) is 53.3 Å². The number of aromatic nitrogens is 1. The Hall–Kier alpha value is -2.58. The molecule has 0 saturated carbocycles. The number of hydrogen-bond acceptors (Lipinski definition) is 4. The van der Waals surface area contributed by atoms with Crippen molar-refractivity contribution in [2.75, 3.05) is 20.1 Å². The lowest BCUT2D eigenvalue weighted by Crippen LogP contribution is -2.38. The van der Waals surface area contributed by atoms with E-state index in [1.165, 1.54) is 0 Å². The van der Waals surface area contributed by atoms with E-state index in [2.05, 4.69) is 11.2 Å². The van der Waals surface area contributed by atoms with Crippen molar-refractivity contribution < 1.29 is 4.79 Å². The van der Waals surface area contributed by atoms with Gasteiger partial charge in [0.25, 0.3) is 5.91 Å². The fourth-order valence-electron chi connectivity index (χ4n) is 2.92. The number of carbonyl (C=O) groups excluding carboxylic acids is 1. The summed E-state index contributed by atoms with van der Waals surface area (Å²) in [5.74, 6) is -0.0350. The SMILES string of the molecule is CN(C(=O)c1ccc(-c2ccncc2Cl)cc1)[C@@H]1CCN(C#N)C1. The number of pyridine rings is 1. The van der Waals surface area contributed by atoms with Gasteiger partial charge in [-0.3, -0.25) is 9.78 Å². The predicted molar refractivity (Wildman–Crippen MR) is 92.4 cm³/mol. The minimum atomic E-state index is -0.0350. The Labute approximate surface area is 146 Å². The minimum Gasteiger partial charge on any atom is -0.337 e. The maximum absolute atomic E-state index is 12.6. The van der Waals surface area contributed by atoms with E-state index < -0.39 is 0 Å². The van der Waals surface area contributed by atoms with Gasteiger partial charge in [-0.15, -0.1) is 0 Å². The standard InChI is InChI=1S/C18H17ClN4O/c1-22(15-7-9-23(11-15)12-20)18(24)14-4-2-13(3-5-14)16-6-8-21-10-17(16)19/h2-6,8,10,15H,7,9,11H2,1H3/t15-/m1/s1. The van der Waals surface area contributed by atoms with E-state index in [1.807, 2.05) is 30.3 Å². The Morgan fingerprint density at radius 3 is 2.75 bits per heavy atom. The molecule has 1 amide bonds. The number of rotatable bonds is 3. The summed E-state index contributed by atoms with van der Waals surface area (Å²) in [7, 11) is 1.79. The largest absolute Gasteiger partial charge is 0.337 e. The normalized spacial score (nSPS) is 16.7. The highest BCUT2D eigenvalue weighted by Gasteiger charge is 2.28. The molecule has 0 aliphatic carbocycles. The van der Waals surface area contributed by atoms with Gasteiger partial charge in [0.2, 0.25) is 0 Å². The van der Waals surface area contributed by atoms with Crippen LogP contribution in [-0.4, -0.2) is 46.9 Å². The van der Waals surface area contributed by atoms with Crippen LogP contribution >= 0.6 is 11.6 Å². The fourth-order valence-corrected chi connectivity index (χ4v) is 3.15. The lowest BCUT2D eigenvalue weighted by Gasteiger charge is -2.24. The predicted octanol–water partition coefficient (Wildman–Crippen LogP) is 3.03. The van der Waals surface area contributed by atoms with Crippen LogP contribution in [0.1, 0.15) is 16.8 Å². The van der Waals surface area contributed by atoms with Crippen LogP contribution < -0.4 is 0 Å². The molecule has 0 radical (unpaired) electrons. The summed E-state index contributed by atoms with van der Waals surface area (Å²) in [6.07, 6.45) is 6.25. The summed E-state index contributed by atoms with van der Waals surface area (Å²) in [5.41, 5.74) is 2.46. The number of nitrogens with zero attached hydrogens (tertiary/aromatic N) is 4. The molecule has 3 rings (SSSR count). The number of nitriles is 1. The van der Waals surface area contributed by atoms with Crippen LogP contribution in [-0.2, 0) is 0 Å². The van der Waals surface area contributed by atoms with Crippen molar-refractivity contribution in [2.45, 2.75) is 12.5 Å². The molecule has 1 aromatic heterocycles. The Morgan fingerprint density at radius 2 is 2.12 bits per heavy atom. The first kappa shape index (κ1) is 16.3. The first-order valence-corrected chi connectivity index (χ1v) is 8.09. The van der Waals surface area contributed by atoms with Crippen LogP contribution in [0.25, 0.3) is 11.1 Å². The number of benzene rings is 1. The molecule has 0 unspecified atom stereocenters. The zero-order valence-corrected chi connectivity index (χ0v) is 14.1. The van der Waals surface area contributed by atoms with Crippen LogP contribution in [0.5, 0.6) is 0 Å². The fraction of sp³-hybridized carbons (Fsp3) is 0.278. The molecule has 2 aromatic rings. The third kappa shape index (κ3) is 3.19. The lowest BCUT2D eigenvalue weighted by molar-refractivity contribution is 0.0739. The highest BCUT2D eigenvalue weighted by molar-refractivity contribution is 6.33. The molecule has 0 N–H and O–H groups in total. The molecule has 1 saturated heterocycles. The van der Waals surface area contributed by atoms with Crippen LogP contribution in [0.2, 0.25) is 5.02 Å². The Bertz CT molecular complexity index is 784. The summed E-state index contributed by atoms with van der Waals surface area (Å²) in [5, 5.41) is 9.52. The maximum Gasteiger partial charge on any atom is 0.253 e. The van der Waals surface area contributed by atoms with Crippen molar-refractivity contribution in [2.24, 2.45) is 0 Å². The van der Waals surface area contributed by atoms with Gasteiger partial charge in [-0.25, -0.2) is 0 Å². The van der Waals surface area contributed by atoms with Crippen LogP contribution in [0.4, 0.5) is 0 Å². The second-order valence-corrected chi connectivity index (χ2v) is 6.24. The molecule has 5 nitrogen and oxygen atoms in total. The van der Waals surface area contributed by atoms with E-state index in [1.54, 1.807) is 29.2 Å². The van der Waals surface area contributed by atoms with Crippen molar-refractivity contribution in [1.82, 2.24) is 14.8 Å². The monoisotopic (exact) mass is 340 g/mol. The molecular formula is C18H17ClN4O. The smallest absolute Gasteiger partial charge is 0.253 e.